The Hall–Kier alpha value is -2.68. The molecule has 1 N–H and O–H groups in total. The van der Waals surface area contributed by atoms with E-state index in [1.54, 1.807) is 18.3 Å². The number of nitrogens with one attached hydrogen (secondary N) is 1. The lowest BCUT2D eigenvalue weighted by atomic mass is 10.2. The summed E-state index contributed by atoms with van der Waals surface area (Å²) in [6.07, 6.45) is 2.60. The van der Waals surface area contributed by atoms with Crippen molar-refractivity contribution >= 4 is 21.2 Å². The highest BCUT2D eigenvalue weighted by molar-refractivity contribution is 7.90. The number of hydrogen-bond donors (Lipinski definition) is 1. The van der Waals surface area contributed by atoms with Crippen molar-refractivity contribution in [1.29, 1.82) is 0 Å². The Bertz CT molecular complexity index is 852. The molecule has 2 rings (SSSR count). The predicted octanol–water partition coefficient (Wildman–Crippen LogP) is 2.40. The van der Waals surface area contributed by atoms with E-state index in [4.69, 9.17) is 4.74 Å². The molecule has 9 heteroatoms. The zero-order chi connectivity index (χ0) is 17.7. The minimum atomic E-state index is -3.52. The third-order valence-electron chi connectivity index (χ3n) is 3.19. The van der Waals surface area contributed by atoms with Gasteiger partial charge in [-0.25, -0.2) is 13.4 Å². The Labute approximate surface area is 139 Å². The molecule has 128 valence electrons. The van der Waals surface area contributed by atoms with Crippen LogP contribution in [0.4, 0.5) is 11.4 Å². The molecule has 1 aromatic carbocycles. The van der Waals surface area contributed by atoms with Gasteiger partial charge in [-0.05, 0) is 25.1 Å². The number of benzene rings is 1. The Morgan fingerprint density at radius 1 is 1.33 bits per heavy atom. The van der Waals surface area contributed by atoms with E-state index in [0.29, 0.717) is 12.5 Å². The molecule has 0 amide bonds. The van der Waals surface area contributed by atoms with Gasteiger partial charge in [-0.1, -0.05) is 6.07 Å². The molecule has 0 aliphatic carbocycles. The monoisotopic (exact) mass is 351 g/mol. The fourth-order valence-electron chi connectivity index (χ4n) is 2.06. The van der Waals surface area contributed by atoms with Crippen molar-refractivity contribution in [3.8, 4) is 5.88 Å². The van der Waals surface area contributed by atoms with Crippen LogP contribution in [0, 0.1) is 10.1 Å². The van der Waals surface area contributed by atoms with Crippen LogP contribution in [0.15, 0.2) is 41.4 Å². The van der Waals surface area contributed by atoms with Gasteiger partial charge in [0.05, 0.1) is 16.4 Å². The molecular formula is C15H17N3O5S. The van der Waals surface area contributed by atoms with E-state index < -0.39 is 14.8 Å². The van der Waals surface area contributed by atoms with E-state index in [0.717, 1.165) is 17.9 Å². The number of anilines is 1. The lowest BCUT2D eigenvalue weighted by Crippen LogP contribution is -2.07. The molecule has 0 unspecified atom stereocenters. The summed E-state index contributed by atoms with van der Waals surface area (Å²) in [6.45, 7) is 2.54. The second-order valence-corrected chi connectivity index (χ2v) is 6.98. The van der Waals surface area contributed by atoms with Crippen molar-refractivity contribution < 1.29 is 18.1 Å². The summed E-state index contributed by atoms with van der Waals surface area (Å²) in [7, 11) is -3.52. The molecule has 0 aliphatic heterocycles. The van der Waals surface area contributed by atoms with Gasteiger partial charge in [0.2, 0.25) is 5.88 Å². The van der Waals surface area contributed by atoms with Gasteiger partial charge in [-0.15, -0.1) is 0 Å². The first-order valence-electron chi connectivity index (χ1n) is 7.12. The summed E-state index contributed by atoms with van der Waals surface area (Å²) < 4.78 is 28.5. The van der Waals surface area contributed by atoms with Crippen molar-refractivity contribution in [2.24, 2.45) is 0 Å². The Morgan fingerprint density at radius 2 is 2.08 bits per heavy atom. The van der Waals surface area contributed by atoms with E-state index in [1.165, 1.54) is 12.1 Å². The SMILES string of the molecule is CCOc1ncccc1CNc1ccc(S(C)(=O)=O)cc1[N+](=O)[O-]. The lowest BCUT2D eigenvalue weighted by Gasteiger charge is -2.11. The fraction of sp³-hybridized carbons (Fsp3) is 0.267. The highest BCUT2D eigenvalue weighted by Crippen LogP contribution is 2.28. The van der Waals surface area contributed by atoms with Crippen LogP contribution in [-0.4, -0.2) is 31.2 Å². The van der Waals surface area contributed by atoms with Crippen LogP contribution in [-0.2, 0) is 16.4 Å². The molecule has 0 bridgehead atoms. The quantitative estimate of drug-likeness (QED) is 0.602. The molecule has 0 saturated carbocycles. The second-order valence-electron chi connectivity index (χ2n) is 4.96. The minimum absolute atomic E-state index is 0.101. The molecular weight excluding hydrogens is 334 g/mol. The van der Waals surface area contributed by atoms with Crippen molar-refractivity contribution in [3.63, 3.8) is 0 Å². The number of pyridine rings is 1. The summed E-state index contributed by atoms with van der Waals surface area (Å²) >= 11 is 0. The average molecular weight is 351 g/mol. The van der Waals surface area contributed by atoms with Crippen LogP contribution in [0.2, 0.25) is 0 Å². The number of nitro benzene ring substituents is 1. The third kappa shape index (κ3) is 4.19. The lowest BCUT2D eigenvalue weighted by molar-refractivity contribution is -0.384. The van der Waals surface area contributed by atoms with Gasteiger partial charge in [0, 0.05) is 30.6 Å². The molecule has 2 aromatic rings. The normalized spacial score (nSPS) is 11.1. The summed E-state index contributed by atoms with van der Waals surface area (Å²) in [5.41, 5.74) is 0.652. The van der Waals surface area contributed by atoms with E-state index in [-0.39, 0.29) is 22.8 Å². The van der Waals surface area contributed by atoms with E-state index >= 15 is 0 Å². The Balaban J connectivity index is 2.29. The van der Waals surface area contributed by atoms with Gasteiger partial charge in [-0.2, -0.15) is 0 Å². The molecule has 0 fully saturated rings. The highest BCUT2D eigenvalue weighted by atomic mass is 32.2. The molecule has 1 heterocycles. The molecule has 1 aromatic heterocycles. The van der Waals surface area contributed by atoms with Crippen molar-refractivity contribution in [2.75, 3.05) is 18.2 Å². The van der Waals surface area contributed by atoms with Crippen LogP contribution < -0.4 is 10.1 Å². The smallest absolute Gasteiger partial charge is 0.293 e. The van der Waals surface area contributed by atoms with Crippen LogP contribution in [0.3, 0.4) is 0 Å². The van der Waals surface area contributed by atoms with Crippen molar-refractivity contribution in [2.45, 2.75) is 18.4 Å². The van der Waals surface area contributed by atoms with E-state index in [9.17, 15) is 18.5 Å². The minimum Gasteiger partial charge on any atom is -0.478 e. The van der Waals surface area contributed by atoms with Crippen LogP contribution in [0.25, 0.3) is 0 Å². The summed E-state index contributed by atoms with van der Waals surface area (Å²) in [4.78, 5) is 14.6. The third-order valence-corrected chi connectivity index (χ3v) is 4.30. The van der Waals surface area contributed by atoms with Gasteiger partial charge >= 0.3 is 0 Å². The number of nitro groups is 1. The molecule has 0 spiro atoms. The number of hydrogen-bond acceptors (Lipinski definition) is 7. The maximum absolute atomic E-state index is 11.5. The second kappa shape index (κ2) is 7.26. The Kier molecular flexibility index (Phi) is 5.35. The van der Waals surface area contributed by atoms with Crippen molar-refractivity contribution in [3.05, 3.63) is 52.2 Å². The number of sulfone groups is 1. The van der Waals surface area contributed by atoms with Gasteiger partial charge in [0.25, 0.3) is 5.69 Å². The van der Waals surface area contributed by atoms with Gasteiger partial charge in [0.15, 0.2) is 9.84 Å². The number of aromatic nitrogens is 1. The summed E-state index contributed by atoms with van der Waals surface area (Å²) in [5, 5.41) is 14.1. The standard InChI is InChI=1S/C15H17N3O5S/c1-3-23-15-11(5-4-8-16-15)10-17-13-7-6-12(24(2,21)22)9-14(13)18(19)20/h4-9,17H,3,10H2,1-2H3. The summed E-state index contributed by atoms with van der Waals surface area (Å²) in [5.74, 6) is 0.447. The first-order chi connectivity index (χ1) is 11.3. The zero-order valence-corrected chi connectivity index (χ0v) is 14.0. The number of rotatable bonds is 7. The topological polar surface area (TPSA) is 111 Å². The predicted molar refractivity (Wildman–Crippen MR) is 88.9 cm³/mol. The molecule has 24 heavy (non-hydrogen) atoms. The van der Waals surface area contributed by atoms with Crippen molar-refractivity contribution in [1.82, 2.24) is 4.98 Å². The largest absolute Gasteiger partial charge is 0.478 e. The zero-order valence-electron chi connectivity index (χ0n) is 13.2. The number of nitrogens with zero attached hydrogens (tertiary/aromatic N) is 2. The molecule has 8 nitrogen and oxygen atoms in total. The van der Waals surface area contributed by atoms with Crippen LogP contribution in [0.5, 0.6) is 5.88 Å². The maximum atomic E-state index is 11.5. The molecule has 0 atom stereocenters. The first-order valence-corrected chi connectivity index (χ1v) is 9.01. The summed E-state index contributed by atoms with van der Waals surface area (Å²) in [6, 6.07) is 7.29. The van der Waals surface area contributed by atoms with Crippen LogP contribution >= 0.6 is 0 Å². The van der Waals surface area contributed by atoms with E-state index in [2.05, 4.69) is 10.3 Å². The molecule has 0 aliphatic rings. The first kappa shape index (κ1) is 17.7. The molecule has 0 saturated heterocycles. The van der Waals surface area contributed by atoms with Gasteiger partial charge in [0.1, 0.15) is 5.69 Å². The number of ether oxygens (including phenoxy) is 1. The Morgan fingerprint density at radius 3 is 2.71 bits per heavy atom. The maximum Gasteiger partial charge on any atom is 0.293 e. The van der Waals surface area contributed by atoms with Gasteiger partial charge in [-0.3, -0.25) is 10.1 Å². The highest BCUT2D eigenvalue weighted by Gasteiger charge is 2.19. The molecule has 0 radical (unpaired) electrons. The average Bonchev–Trinajstić information content (AvgIpc) is 2.53. The van der Waals surface area contributed by atoms with Crippen LogP contribution in [0.1, 0.15) is 12.5 Å². The fourth-order valence-corrected chi connectivity index (χ4v) is 2.70. The van der Waals surface area contributed by atoms with Gasteiger partial charge < -0.3 is 10.1 Å². The van der Waals surface area contributed by atoms with E-state index in [1.807, 2.05) is 6.92 Å².